The summed E-state index contributed by atoms with van der Waals surface area (Å²) in [5.41, 5.74) is -1.97. The van der Waals surface area contributed by atoms with Crippen molar-refractivity contribution in [3.05, 3.63) is 53.7 Å². The van der Waals surface area contributed by atoms with Crippen molar-refractivity contribution in [2.45, 2.75) is 35.3 Å². The highest BCUT2D eigenvalue weighted by molar-refractivity contribution is 7.92. The second kappa shape index (κ2) is 8.50. The Hall–Kier alpha value is -2.83. The number of nitrogens with one attached hydrogen (secondary N) is 1. The molecule has 164 valence electrons. The Kier molecular flexibility index (Phi) is 6.64. The first-order chi connectivity index (χ1) is 13.7. The molecule has 1 saturated carbocycles. The monoisotopic (exact) mass is 456 g/mol. The molecule has 6 nitrogen and oxygen atoms in total. The third-order valence-electron chi connectivity index (χ3n) is 3.75. The van der Waals surface area contributed by atoms with Crippen molar-refractivity contribution in [3.8, 4) is 0 Å². The van der Waals surface area contributed by atoms with E-state index in [0.717, 1.165) is 42.5 Å². The summed E-state index contributed by atoms with van der Waals surface area (Å²) >= 11 is 0. The Bertz CT molecular complexity index is 1000. The Labute approximate surface area is 166 Å². The van der Waals surface area contributed by atoms with Crippen LogP contribution in [0.5, 0.6) is 0 Å². The molecule has 1 aliphatic rings. The summed E-state index contributed by atoms with van der Waals surface area (Å²) in [7, 11) is -3.40. The Morgan fingerprint density at radius 1 is 0.967 bits per heavy atom. The van der Waals surface area contributed by atoms with Gasteiger partial charge in [-0.05, 0) is 49.2 Å². The molecule has 1 fully saturated rings. The van der Waals surface area contributed by atoms with Crippen LogP contribution in [-0.2, 0) is 22.2 Å². The van der Waals surface area contributed by atoms with E-state index in [-0.39, 0.29) is 10.7 Å². The molecule has 0 atom stereocenters. The number of pyridine rings is 1. The average Bonchev–Trinajstić information content (AvgIpc) is 3.46. The van der Waals surface area contributed by atoms with Crippen molar-refractivity contribution < 1.29 is 44.7 Å². The maximum Gasteiger partial charge on any atom is 0.433 e. The largest absolute Gasteiger partial charge is 0.465 e. The molecule has 1 heterocycles. The van der Waals surface area contributed by atoms with E-state index in [1.165, 1.54) is 0 Å². The fourth-order valence-electron chi connectivity index (χ4n) is 2.18. The molecule has 2 aromatic rings. The number of aromatic nitrogens is 1. The Morgan fingerprint density at radius 2 is 1.53 bits per heavy atom. The molecule has 1 aromatic carbocycles. The topological polar surface area (TPSA) is 96.4 Å². The van der Waals surface area contributed by atoms with E-state index >= 15 is 0 Å². The van der Waals surface area contributed by atoms with Crippen LogP contribution < -0.4 is 5.32 Å². The van der Waals surface area contributed by atoms with Gasteiger partial charge in [0.2, 0.25) is 0 Å². The van der Waals surface area contributed by atoms with Crippen molar-refractivity contribution >= 4 is 21.7 Å². The SMILES string of the molecule is O=C(O)Nc1cccc(C(F)(F)F)n1.O=S(=O)(c1ccc(C(F)(F)F)cc1)C1CC1. The van der Waals surface area contributed by atoms with E-state index in [0.29, 0.717) is 12.8 Å². The fourth-order valence-corrected chi connectivity index (χ4v) is 3.83. The lowest BCUT2D eigenvalue weighted by atomic mass is 10.2. The zero-order valence-corrected chi connectivity index (χ0v) is 15.6. The number of sulfone groups is 1. The molecule has 0 spiro atoms. The van der Waals surface area contributed by atoms with Gasteiger partial charge in [0.05, 0.1) is 15.7 Å². The molecule has 13 heteroatoms. The molecule has 2 N–H and O–H groups in total. The van der Waals surface area contributed by atoms with Gasteiger partial charge in [0.25, 0.3) is 0 Å². The summed E-state index contributed by atoms with van der Waals surface area (Å²) in [6, 6.07) is 6.61. The van der Waals surface area contributed by atoms with Gasteiger partial charge in [-0.3, -0.25) is 5.32 Å². The van der Waals surface area contributed by atoms with Crippen molar-refractivity contribution in [2.75, 3.05) is 5.32 Å². The van der Waals surface area contributed by atoms with Gasteiger partial charge < -0.3 is 5.11 Å². The quantitative estimate of drug-likeness (QED) is 0.645. The van der Waals surface area contributed by atoms with Gasteiger partial charge in [-0.1, -0.05) is 6.07 Å². The van der Waals surface area contributed by atoms with Crippen LogP contribution in [0.1, 0.15) is 24.1 Å². The van der Waals surface area contributed by atoms with E-state index < -0.39 is 44.8 Å². The number of hydrogen-bond donors (Lipinski definition) is 2. The highest BCUT2D eigenvalue weighted by Gasteiger charge is 2.37. The van der Waals surface area contributed by atoms with Crippen LogP contribution in [0, 0.1) is 0 Å². The van der Waals surface area contributed by atoms with Crippen LogP contribution in [-0.4, -0.2) is 29.9 Å². The predicted molar refractivity (Wildman–Crippen MR) is 92.5 cm³/mol. The van der Waals surface area contributed by atoms with Crippen molar-refractivity contribution in [3.63, 3.8) is 0 Å². The lowest BCUT2D eigenvalue weighted by Crippen LogP contribution is -2.13. The summed E-state index contributed by atoms with van der Waals surface area (Å²) < 4.78 is 96.3. The molecule has 30 heavy (non-hydrogen) atoms. The zero-order valence-electron chi connectivity index (χ0n) is 14.8. The van der Waals surface area contributed by atoms with E-state index in [1.807, 2.05) is 0 Å². The van der Waals surface area contributed by atoms with E-state index in [2.05, 4.69) is 4.98 Å². The van der Waals surface area contributed by atoms with Gasteiger partial charge in [0.1, 0.15) is 11.5 Å². The first-order valence-corrected chi connectivity index (χ1v) is 9.71. The molecule has 3 rings (SSSR count). The predicted octanol–water partition coefficient (Wildman–Crippen LogP) is 4.83. The standard InChI is InChI=1S/C10H9F3O2S.C7H5F3N2O2/c11-10(12,13)7-1-3-8(4-2-7)16(14,15)9-5-6-9;8-7(9,10)4-2-1-3-5(11-4)12-6(13)14/h1-4,9H,5-6H2;1-3H,(H,11,12)(H,13,14). The summed E-state index contributed by atoms with van der Waals surface area (Å²) in [5.74, 6) is -0.354. The number of anilines is 1. The average molecular weight is 456 g/mol. The summed E-state index contributed by atoms with van der Waals surface area (Å²) in [6.07, 6.45) is -9.26. The number of nitrogens with zero attached hydrogens (tertiary/aromatic N) is 1. The summed E-state index contributed by atoms with van der Waals surface area (Å²) in [4.78, 5) is 13.1. The molecular formula is C17H14F6N2O4S. The molecule has 0 aliphatic heterocycles. The maximum absolute atomic E-state index is 12.2. The highest BCUT2D eigenvalue weighted by Crippen LogP contribution is 2.35. The first-order valence-electron chi connectivity index (χ1n) is 8.16. The van der Waals surface area contributed by atoms with E-state index in [9.17, 15) is 39.6 Å². The summed E-state index contributed by atoms with van der Waals surface area (Å²) in [5, 5.41) is 9.55. The maximum atomic E-state index is 12.2. The number of carbonyl (C=O) groups is 1. The zero-order chi connectivity index (χ0) is 22.7. The van der Waals surface area contributed by atoms with Crippen molar-refractivity contribution in [1.29, 1.82) is 0 Å². The minimum atomic E-state index is -4.57. The fraction of sp³-hybridized carbons (Fsp3) is 0.294. The molecule has 0 unspecified atom stereocenters. The highest BCUT2D eigenvalue weighted by atomic mass is 32.2. The second-order valence-corrected chi connectivity index (χ2v) is 8.33. The van der Waals surface area contributed by atoms with E-state index in [4.69, 9.17) is 5.11 Å². The molecule has 0 saturated heterocycles. The minimum absolute atomic E-state index is 0.0250. The minimum Gasteiger partial charge on any atom is -0.465 e. The van der Waals surface area contributed by atoms with Crippen LogP contribution in [0.25, 0.3) is 0 Å². The number of benzene rings is 1. The van der Waals surface area contributed by atoms with Gasteiger partial charge in [-0.15, -0.1) is 0 Å². The number of hydrogen-bond acceptors (Lipinski definition) is 4. The lowest BCUT2D eigenvalue weighted by Gasteiger charge is -2.07. The summed E-state index contributed by atoms with van der Waals surface area (Å²) in [6.45, 7) is 0. The third kappa shape index (κ3) is 6.34. The normalized spacial score (nSPS) is 14.5. The van der Waals surface area contributed by atoms with Gasteiger partial charge in [0, 0.05) is 0 Å². The van der Waals surface area contributed by atoms with E-state index in [1.54, 1.807) is 5.32 Å². The lowest BCUT2D eigenvalue weighted by molar-refractivity contribution is -0.141. The Balaban J connectivity index is 0.000000216. The third-order valence-corrected chi connectivity index (χ3v) is 6.03. The van der Waals surface area contributed by atoms with Crippen LogP contribution in [0.2, 0.25) is 0 Å². The number of alkyl halides is 6. The van der Waals surface area contributed by atoms with Crippen LogP contribution in [0.4, 0.5) is 37.0 Å². The molecule has 0 radical (unpaired) electrons. The number of amides is 1. The van der Waals surface area contributed by atoms with Gasteiger partial charge >= 0.3 is 18.4 Å². The van der Waals surface area contributed by atoms with Crippen LogP contribution in [0.3, 0.4) is 0 Å². The molecular weight excluding hydrogens is 442 g/mol. The smallest absolute Gasteiger partial charge is 0.433 e. The molecule has 1 aliphatic carbocycles. The van der Waals surface area contributed by atoms with Gasteiger partial charge in [-0.25, -0.2) is 18.2 Å². The molecule has 1 aromatic heterocycles. The Morgan fingerprint density at radius 3 is 1.97 bits per heavy atom. The second-order valence-electron chi connectivity index (χ2n) is 6.10. The molecule has 1 amide bonds. The van der Waals surface area contributed by atoms with Crippen LogP contribution in [0.15, 0.2) is 47.4 Å². The molecule has 0 bridgehead atoms. The van der Waals surface area contributed by atoms with Gasteiger partial charge in [0.15, 0.2) is 9.84 Å². The first kappa shape index (κ1) is 23.4. The van der Waals surface area contributed by atoms with Gasteiger partial charge in [-0.2, -0.15) is 26.3 Å². The number of halogens is 6. The van der Waals surface area contributed by atoms with Crippen molar-refractivity contribution in [1.82, 2.24) is 4.98 Å². The van der Waals surface area contributed by atoms with Crippen molar-refractivity contribution in [2.24, 2.45) is 0 Å². The van der Waals surface area contributed by atoms with Crippen LogP contribution >= 0.6 is 0 Å². The number of rotatable bonds is 3. The number of carboxylic acid groups (broad SMARTS) is 1.